The summed E-state index contributed by atoms with van der Waals surface area (Å²) in [7, 11) is 0. The largest absolute Gasteiger partial charge is 0.491 e. The fourth-order valence-corrected chi connectivity index (χ4v) is 2.29. The first-order valence-corrected chi connectivity index (χ1v) is 6.94. The van der Waals surface area contributed by atoms with Crippen molar-refractivity contribution >= 4 is 22.4 Å². The van der Waals surface area contributed by atoms with E-state index in [2.05, 4.69) is 14.7 Å². The Labute approximate surface area is 116 Å². The van der Waals surface area contributed by atoms with Crippen molar-refractivity contribution in [3.63, 3.8) is 0 Å². The lowest BCUT2D eigenvalue weighted by Gasteiger charge is -2.09. The summed E-state index contributed by atoms with van der Waals surface area (Å²) in [5, 5.41) is 12.8. The number of rotatable bonds is 6. The highest BCUT2D eigenvalue weighted by atomic mass is 32.1. The molecule has 0 saturated heterocycles. The van der Waals surface area contributed by atoms with Crippen LogP contribution in [0.3, 0.4) is 0 Å². The third kappa shape index (κ3) is 3.65. The van der Waals surface area contributed by atoms with Crippen molar-refractivity contribution in [3.8, 4) is 5.75 Å². The Bertz CT molecular complexity index is 542. The summed E-state index contributed by atoms with van der Waals surface area (Å²) in [6, 6.07) is 5.79. The van der Waals surface area contributed by atoms with Crippen LogP contribution in [0.25, 0.3) is 0 Å². The monoisotopic (exact) mass is 279 g/mol. The first-order valence-electron chi connectivity index (χ1n) is 6.17. The van der Waals surface area contributed by atoms with Gasteiger partial charge in [-0.25, -0.2) is 4.98 Å². The lowest BCUT2D eigenvalue weighted by molar-refractivity contribution is 0.200. The van der Waals surface area contributed by atoms with Gasteiger partial charge >= 0.3 is 0 Å². The van der Waals surface area contributed by atoms with Crippen molar-refractivity contribution in [2.24, 2.45) is 0 Å². The van der Waals surface area contributed by atoms with Crippen LogP contribution in [-0.4, -0.2) is 27.7 Å². The van der Waals surface area contributed by atoms with Crippen LogP contribution in [0.15, 0.2) is 18.2 Å². The number of anilines is 2. The number of hydrogen-bond donors (Lipinski definition) is 2. The molecule has 0 fully saturated rings. The minimum atomic E-state index is 0.0179. The maximum absolute atomic E-state index is 8.74. The van der Waals surface area contributed by atoms with Gasteiger partial charge in [-0.05, 0) is 30.7 Å². The smallest absolute Gasteiger partial charge is 0.207 e. The summed E-state index contributed by atoms with van der Waals surface area (Å²) < 4.78 is 9.64. The van der Waals surface area contributed by atoms with Gasteiger partial charge < -0.3 is 15.2 Å². The molecule has 0 spiro atoms. The lowest BCUT2D eigenvalue weighted by Crippen LogP contribution is -2.03. The molecule has 0 amide bonds. The van der Waals surface area contributed by atoms with Gasteiger partial charge in [0.1, 0.15) is 18.2 Å². The maximum Gasteiger partial charge on any atom is 0.207 e. The molecule has 0 saturated carbocycles. The second kappa shape index (κ2) is 6.49. The highest BCUT2D eigenvalue weighted by Crippen LogP contribution is 2.25. The first-order chi connectivity index (χ1) is 9.22. The number of aromatic nitrogens is 2. The second-order valence-electron chi connectivity index (χ2n) is 4.05. The van der Waals surface area contributed by atoms with E-state index in [0.717, 1.165) is 34.4 Å². The minimum absolute atomic E-state index is 0.0179. The van der Waals surface area contributed by atoms with E-state index < -0.39 is 0 Å². The molecule has 1 aromatic heterocycles. The molecule has 0 aliphatic rings. The Kier molecular flexibility index (Phi) is 4.70. The zero-order valence-electron chi connectivity index (χ0n) is 11.0. The summed E-state index contributed by atoms with van der Waals surface area (Å²) in [6.45, 7) is 4.33. The number of nitrogens with zero attached hydrogens (tertiary/aromatic N) is 2. The number of aliphatic hydroxyl groups is 1. The van der Waals surface area contributed by atoms with E-state index in [0.29, 0.717) is 6.61 Å². The molecule has 102 valence electrons. The van der Waals surface area contributed by atoms with Crippen LogP contribution in [0.5, 0.6) is 5.75 Å². The van der Waals surface area contributed by atoms with E-state index in [-0.39, 0.29) is 6.61 Å². The van der Waals surface area contributed by atoms with Crippen LogP contribution in [0.4, 0.5) is 10.8 Å². The normalized spacial score (nSPS) is 10.5. The minimum Gasteiger partial charge on any atom is -0.491 e. The molecule has 1 heterocycles. The molecule has 0 aliphatic heterocycles. The van der Waals surface area contributed by atoms with Gasteiger partial charge in [-0.1, -0.05) is 6.92 Å². The molecule has 0 unspecified atom stereocenters. The van der Waals surface area contributed by atoms with Gasteiger partial charge in [0, 0.05) is 23.6 Å². The van der Waals surface area contributed by atoms with Crippen LogP contribution in [-0.2, 0) is 6.42 Å². The zero-order chi connectivity index (χ0) is 13.7. The summed E-state index contributed by atoms with van der Waals surface area (Å²) in [4.78, 5) is 4.36. The second-order valence-corrected chi connectivity index (χ2v) is 4.80. The summed E-state index contributed by atoms with van der Waals surface area (Å²) in [6.07, 6.45) is 0.838. The van der Waals surface area contributed by atoms with E-state index in [1.807, 2.05) is 32.0 Å². The Morgan fingerprint density at radius 3 is 2.89 bits per heavy atom. The van der Waals surface area contributed by atoms with E-state index in [4.69, 9.17) is 9.84 Å². The maximum atomic E-state index is 8.74. The fraction of sp³-hybridized carbons (Fsp3) is 0.385. The van der Waals surface area contributed by atoms with Crippen LogP contribution >= 0.6 is 11.5 Å². The van der Waals surface area contributed by atoms with Crippen molar-refractivity contribution in [3.05, 3.63) is 29.6 Å². The number of benzene rings is 1. The molecule has 1 aromatic carbocycles. The van der Waals surface area contributed by atoms with E-state index in [1.165, 1.54) is 11.5 Å². The van der Waals surface area contributed by atoms with Crippen LogP contribution in [0.1, 0.15) is 18.3 Å². The van der Waals surface area contributed by atoms with Crippen LogP contribution < -0.4 is 10.1 Å². The molecular formula is C13H17N3O2S. The standard InChI is InChI=1S/C13H17N3O2S/c1-3-12-15-13(19-16-12)14-10-4-5-11(9(2)8-10)18-7-6-17/h4-5,8,17H,3,6-7H2,1-2H3,(H,14,15,16). The predicted octanol–water partition coefficient (Wildman–Crippen LogP) is 2.52. The Hall–Kier alpha value is -1.66. The molecule has 19 heavy (non-hydrogen) atoms. The topological polar surface area (TPSA) is 67.3 Å². The SMILES string of the molecule is CCc1nsc(Nc2ccc(OCCO)c(C)c2)n1. The van der Waals surface area contributed by atoms with Crippen molar-refractivity contribution in [1.82, 2.24) is 9.36 Å². The third-order valence-electron chi connectivity index (χ3n) is 2.56. The van der Waals surface area contributed by atoms with Gasteiger partial charge in [-0.15, -0.1) is 0 Å². The van der Waals surface area contributed by atoms with Crippen molar-refractivity contribution in [1.29, 1.82) is 0 Å². The number of ether oxygens (including phenoxy) is 1. The quantitative estimate of drug-likeness (QED) is 0.850. The molecular weight excluding hydrogens is 262 g/mol. The van der Waals surface area contributed by atoms with Gasteiger partial charge in [0.2, 0.25) is 5.13 Å². The van der Waals surface area contributed by atoms with Gasteiger partial charge in [0.15, 0.2) is 0 Å². The molecule has 2 N–H and O–H groups in total. The average molecular weight is 279 g/mol. The number of hydrogen-bond acceptors (Lipinski definition) is 6. The lowest BCUT2D eigenvalue weighted by atomic mass is 10.2. The van der Waals surface area contributed by atoms with Gasteiger partial charge in [0.25, 0.3) is 0 Å². The van der Waals surface area contributed by atoms with E-state index in [9.17, 15) is 0 Å². The number of nitrogens with one attached hydrogen (secondary N) is 1. The molecule has 0 aliphatic carbocycles. The molecule has 0 atom stereocenters. The zero-order valence-corrected chi connectivity index (χ0v) is 11.8. The first kappa shape index (κ1) is 13.8. The van der Waals surface area contributed by atoms with Crippen molar-refractivity contribution in [2.45, 2.75) is 20.3 Å². The highest BCUT2D eigenvalue weighted by Gasteiger charge is 2.05. The fourth-order valence-electron chi connectivity index (χ4n) is 1.62. The average Bonchev–Trinajstić information content (AvgIpc) is 2.85. The highest BCUT2D eigenvalue weighted by molar-refractivity contribution is 7.09. The van der Waals surface area contributed by atoms with Crippen molar-refractivity contribution < 1.29 is 9.84 Å². The van der Waals surface area contributed by atoms with Gasteiger partial charge in [-0.2, -0.15) is 4.37 Å². The van der Waals surface area contributed by atoms with E-state index in [1.54, 1.807) is 0 Å². The number of aryl methyl sites for hydroxylation is 2. The van der Waals surface area contributed by atoms with Gasteiger partial charge in [-0.3, -0.25) is 0 Å². The van der Waals surface area contributed by atoms with Crippen molar-refractivity contribution in [2.75, 3.05) is 18.5 Å². The molecule has 6 heteroatoms. The number of aliphatic hydroxyl groups excluding tert-OH is 1. The van der Waals surface area contributed by atoms with Crippen LogP contribution in [0.2, 0.25) is 0 Å². The third-order valence-corrected chi connectivity index (χ3v) is 3.23. The molecule has 5 nitrogen and oxygen atoms in total. The Morgan fingerprint density at radius 2 is 2.26 bits per heavy atom. The van der Waals surface area contributed by atoms with Gasteiger partial charge in [0.05, 0.1) is 6.61 Å². The summed E-state index contributed by atoms with van der Waals surface area (Å²) >= 11 is 1.36. The Balaban J connectivity index is 2.06. The summed E-state index contributed by atoms with van der Waals surface area (Å²) in [5.74, 6) is 1.64. The Morgan fingerprint density at radius 1 is 1.42 bits per heavy atom. The molecule has 2 aromatic rings. The van der Waals surface area contributed by atoms with E-state index >= 15 is 0 Å². The van der Waals surface area contributed by atoms with Crippen LogP contribution in [0, 0.1) is 6.92 Å². The predicted molar refractivity (Wildman–Crippen MR) is 76.3 cm³/mol. The molecule has 2 rings (SSSR count). The molecule has 0 bridgehead atoms. The molecule has 0 radical (unpaired) electrons. The summed E-state index contributed by atoms with van der Waals surface area (Å²) in [5.41, 5.74) is 1.96.